The second kappa shape index (κ2) is 7.27. The number of hydrogen-bond donors (Lipinski definition) is 0. The molecule has 0 bridgehead atoms. The van der Waals surface area contributed by atoms with E-state index in [1.165, 1.54) is 0 Å². The van der Waals surface area contributed by atoms with Gasteiger partial charge in [-0.2, -0.15) is 5.10 Å². The van der Waals surface area contributed by atoms with Gasteiger partial charge in [0.2, 0.25) is 0 Å². The minimum absolute atomic E-state index is 0.0131. The first kappa shape index (κ1) is 17.9. The number of nitrogens with zero attached hydrogens (tertiary/aromatic N) is 4. The van der Waals surface area contributed by atoms with Gasteiger partial charge in [0.15, 0.2) is 0 Å². The molecule has 0 aliphatic heterocycles. The molecule has 1 amide bonds. The molecule has 0 atom stereocenters. The Hall–Kier alpha value is -3.47. The maximum absolute atomic E-state index is 12.9. The smallest absolute Gasteiger partial charge is 0.253 e. The molecule has 5 nitrogen and oxygen atoms in total. The number of rotatable bonds is 4. The molecule has 2 aromatic carbocycles. The molecule has 0 aliphatic carbocycles. The summed E-state index contributed by atoms with van der Waals surface area (Å²) in [6.45, 7) is 4.52. The first-order valence-corrected chi connectivity index (χ1v) is 9.25. The Morgan fingerprint density at radius 2 is 1.82 bits per heavy atom. The lowest BCUT2D eigenvalue weighted by Crippen LogP contribution is -2.26. The molecular formula is C23H22N4O. The molecule has 4 rings (SSSR count). The molecule has 140 valence electrons. The van der Waals surface area contributed by atoms with Crippen molar-refractivity contribution < 1.29 is 4.79 Å². The predicted octanol–water partition coefficient (Wildman–Crippen LogP) is 4.31. The molecule has 5 heteroatoms. The monoisotopic (exact) mass is 370 g/mol. The van der Waals surface area contributed by atoms with Crippen molar-refractivity contribution >= 4 is 16.8 Å². The van der Waals surface area contributed by atoms with Crippen LogP contribution in [0.25, 0.3) is 16.6 Å². The van der Waals surface area contributed by atoms with Crippen molar-refractivity contribution in [3.8, 4) is 5.69 Å². The summed E-state index contributed by atoms with van der Waals surface area (Å²) in [5, 5.41) is 5.56. The van der Waals surface area contributed by atoms with Gasteiger partial charge in [-0.25, -0.2) is 4.68 Å². The number of hydrogen-bond acceptors (Lipinski definition) is 3. The van der Waals surface area contributed by atoms with Crippen LogP contribution in [0.15, 0.2) is 66.9 Å². The topological polar surface area (TPSA) is 51.0 Å². The zero-order valence-electron chi connectivity index (χ0n) is 16.3. The number of amides is 1. The predicted molar refractivity (Wildman–Crippen MR) is 111 cm³/mol. The van der Waals surface area contributed by atoms with E-state index in [0.29, 0.717) is 12.1 Å². The summed E-state index contributed by atoms with van der Waals surface area (Å²) in [6, 6.07) is 19.6. The number of pyridine rings is 1. The quantitative estimate of drug-likeness (QED) is 0.538. The van der Waals surface area contributed by atoms with Crippen LogP contribution in [0.1, 0.15) is 27.3 Å². The van der Waals surface area contributed by atoms with Gasteiger partial charge in [-0.3, -0.25) is 9.78 Å². The van der Waals surface area contributed by atoms with Gasteiger partial charge in [0.1, 0.15) is 0 Å². The Morgan fingerprint density at radius 3 is 2.54 bits per heavy atom. The highest BCUT2D eigenvalue weighted by Gasteiger charge is 2.14. The van der Waals surface area contributed by atoms with Gasteiger partial charge in [0.05, 0.1) is 16.9 Å². The molecule has 0 fully saturated rings. The van der Waals surface area contributed by atoms with Crippen molar-refractivity contribution in [1.82, 2.24) is 19.7 Å². The van der Waals surface area contributed by atoms with Crippen LogP contribution >= 0.6 is 0 Å². The van der Waals surface area contributed by atoms with E-state index < -0.39 is 0 Å². The summed E-state index contributed by atoms with van der Waals surface area (Å²) in [6.07, 6.45) is 1.78. The lowest BCUT2D eigenvalue weighted by atomic mass is 10.1. The van der Waals surface area contributed by atoms with Crippen molar-refractivity contribution in [1.29, 1.82) is 0 Å². The van der Waals surface area contributed by atoms with Gasteiger partial charge in [-0.15, -0.1) is 0 Å². The van der Waals surface area contributed by atoms with Gasteiger partial charge in [-0.05, 0) is 61.9 Å². The highest BCUT2D eigenvalue weighted by atomic mass is 16.2. The molecule has 0 unspecified atom stereocenters. The van der Waals surface area contributed by atoms with Crippen molar-refractivity contribution in [2.75, 3.05) is 7.05 Å². The lowest BCUT2D eigenvalue weighted by Gasteiger charge is -2.18. The third kappa shape index (κ3) is 3.39. The van der Waals surface area contributed by atoms with E-state index in [1.807, 2.05) is 86.2 Å². The molecule has 0 radical (unpaired) electrons. The normalized spacial score (nSPS) is 11.0. The highest BCUT2D eigenvalue weighted by molar-refractivity contribution is 5.94. The van der Waals surface area contributed by atoms with E-state index in [2.05, 4.69) is 10.1 Å². The Morgan fingerprint density at radius 1 is 1.04 bits per heavy atom. The molecule has 4 aromatic rings. The number of aryl methyl sites for hydroxylation is 2. The molecule has 0 saturated heterocycles. The van der Waals surface area contributed by atoms with E-state index in [-0.39, 0.29) is 5.91 Å². The molecular weight excluding hydrogens is 348 g/mol. The molecule has 2 heterocycles. The maximum Gasteiger partial charge on any atom is 0.253 e. The summed E-state index contributed by atoms with van der Waals surface area (Å²) >= 11 is 0. The SMILES string of the molecule is Cc1cc(C)n(-c2ccc(C(=O)N(C)Cc3cccc4ncccc34)cc2)n1. The average Bonchev–Trinajstić information content (AvgIpc) is 3.06. The van der Waals surface area contributed by atoms with E-state index in [1.54, 1.807) is 11.1 Å². The zero-order chi connectivity index (χ0) is 19.7. The minimum atomic E-state index is -0.0131. The van der Waals surface area contributed by atoms with Crippen molar-refractivity contribution in [2.45, 2.75) is 20.4 Å². The molecule has 0 spiro atoms. The fraction of sp³-hybridized carbons (Fsp3) is 0.174. The van der Waals surface area contributed by atoms with Crippen LogP contribution in [0.4, 0.5) is 0 Å². The van der Waals surface area contributed by atoms with Gasteiger partial charge in [0, 0.05) is 36.4 Å². The summed E-state index contributed by atoms with van der Waals surface area (Å²) in [5.74, 6) is -0.0131. The Labute approximate surface area is 164 Å². The Kier molecular flexibility index (Phi) is 4.65. The lowest BCUT2D eigenvalue weighted by molar-refractivity contribution is 0.0785. The number of benzene rings is 2. The van der Waals surface area contributed by atoms with Crippen LogP contribution in [0, 0.1) is 13.8 Å². The van der Waals surface area contributed by atoms with Crippen molar-refractivity contribution in [3.05, 3.63) is 89.4 Å². The summed E-state index contributed by atoms with van der Waals surface area (Å²) in [5.41, 5.74) is 5.67. The van der Waals surface area contributed by atoms with Gasteiger partial charge < -0.3 is 4.90 Å². The maximum atomic E-state index is 12.9. The second-order valence-corrected chi connectivity index (χ2v) is 7.03. The van der Waals surface area contributed by atoms with Crippen LogP contribution in [0.2, 0.25) is 0 Å². The standard InChI is InChI=1S/C23H22N4O/c1-16-14-17(2)27(25-16)20-11-9-18(10-12-20)23(28)26(3)15-19-6-4-8-22-21(19)7-5-13-24-22/h4-14H,15H2,1-3H3. The van der Waals surface area contributed by atoms with E-state index >= 15 is 0 Å². The molecule has 0 N–H and O–H groups in total. The first-order valence-electron chi connectivity index (χ1n) is 9.25. The average molecular weight is 370 g/mol. The fourth-order valence-electron chi connectivity index (χ4n) is 3.49. The van der Waals surface area contributed by atoms with Gasteiger partial charge in [0.25, 0.3) is 5.91 Å². The minimum Gasteiger partial charge on any atom is -0.337 e. The van der Waals surface area contributed by atoms with Gasteiger partial charge in [-0.1, -0.05) is 18.2 Å². The van der Waals surface area contributed by atoms with E-state index in [9.17, 15) is 4.79 Å². The summed E-state index contributed by atoms with van der Waals surface area (Å²) in [7, 11) is 1.83. The number of carbonyl (C=O) groups excluding carboxylic acids is 1. The number of aromatic nitrogens is 3. The zero-order valence-corrected chi connectivity index (χ0v) is 16.3. The summed E-state index contributed by atoms with van der Waals surface area (Å²) < 4.78 is 1.89. The third-order valence-electron chi connectivity index (χ3n) is 4.86. The largest absolute Gasteiger partial charge is 0.337 e. The van der Waals surface area contributed by atoms with Crippen LogP contribution in [0.5, 0.6) is 0 Å². The molecule has 0 aliphatic rings. The van der Waals surface area contributed by atoms with Crippen LogP contribution < -0.4 is 0 Å². The first-order chi connectivity index (χ1) is 13.5. The van der Waals surface area contributed by atoms with Crippen LogP contribution in [-0.2, 0) is 6.54 Å². The number of fused-ring (bicyclic) bond motifs is 1. The molecule has 2 aromatic heterocycles. The van der Waals surface area contributed by atoms with Crippen molar-refractivity contribution in [3.63, 3.8) is 0 Å². The molecule has 28 heavy (non-hydrogen) atoms. The summed E-state index contributed by atoms with van der Waals surface area (Å²) in [4.78, 5) is 19.0. The Balaban J connectivity index is 1.54. The van der Waals surface area contributed by atoms with Crippen LogP contribution in [-0.4, -0.2) is 32.6 Å². The number of carbonyl (C=O) groups is 1. The van der Waals surface area contributed by atoms with E-state index in [4.69, 9.17) is 0 Å². The van der Waals surface area contributed by atoms with E-state index in [0.717, 1.165) is 33.5 Å². The van der Waals surface area contributed by atoms with Crippen molar-refractivity contribution in [2.24, 2.45) is 0 Å². The third-order valence-corrected chi connectivity index (χ3v) is 4.86. The Bertz CT molecular complexity index is 1140. The highest BCUT2D eigenvalue weighted by Crippen LogP contribution is 2.19. The van der Waals surface area contributed by atoms with Crippen LogP contribution in [0.3, 0.4) is 0 Å². The second-order valence-electron chi connectivity index (χ2n) is 7.03. The molecule has 0 saturated carbocycles. The van der Waals surface area contributed by atoms with Gasteiger partial charge >= 0.3 is 0 Å². The fourth-order valence-corrected chi connectivity index (χ4v) is 3.49.